The van der Waals surface area contributed by atoms with E-state index in [-0.39, 0.29) is 5.54 Å². The summed E-state index contributed by atoms with van der Waals surface area (Å²) < 4.78 is 1.48. The summed E-state index contributed by atoms with van der Waals surface area (Å²) in [6, 6.07) is 0. The largest absolute Gasteiger partial charge is 0.365 e. The maximum Gasteiger partial charge on any atom is 0.131 e. The van der Waals surface area contributed by atoms with Gasteiger partial charge in [0.15, 0.2) is 0 Å². The van der Waals surface area contributed by atoms with Crippen LogP contribution in [0.5, 0.6) is 0 Å². The first-order valence-electron chi connectivity index (χ1n) is 3.48. The SMILES string of the molecule is CC(=S)SCC(C)(C)NC(=S)S. The van der Waals surface area contributed by atoms with Crippen LogP contribution in [0.15, 0.2) is 0 Å². The van der Waals surface area contributed by atoms with Crippen molar-refractivity contribution in [1.82, 2.24) is 5.32 Å². The Bertz CT molecular complexity index is 188. The monoisotopic (exact) mass is 239 g/mol. The second-order valence-electron chi connectivity index (χ2n) is 3.09. The molecule has 0 heterocycles. The summed E-state index contributed by atoms with van der Waals surface area (Å²) in [5.74, 6) is 0.906. The van der Waals surface area contributed by atoms with Crippen molar-refractivity contribution >= 4 is 57.3 Å². The van der Waals surface area contributed by atoms with Gasteiger partial charge in [-0.05, 0) is 20.8 Å². The van der Waals surface area contributed by atoms with E-state index in [1.165, 1.54) is 0 Å². The smallest absolute Gasteiger partial charge is 0.131 e. The number of thiol groups is 1. The Hall–Kier alpha value is 0.680. The Kier molecular flexibility index (Phi) is 5.73. The maximum absolute atomic E-state index is 4.96. The fraction of sp³-hybridized carbons (Fsp3) is 0.714. The highest BCUT2D eigenvalue weighted by molar-refractivity contribution is 8.23. The predicted octanol–water partition coefficient (Wildman–Crippen LogP) is 2.65. The van der Waals surface area contributed by atoms with E-state index < -0.39 is 0 Å². The predicted molar refractivity (Wildman–Crippen MR) is 69.5 cm³/mol. The van der Waals surface area contributed by atoms with Crippen LogP contribution in [0.2, 0.25) is 0 Å². The van der Waals surface area contributed by atoms with Crippen molar-refractivity contribution in [2.45, 2.75) is 26.3 Å². The molecule has 0 rings (SSSR count). The van der Waals surface area contributed by atoms with Crippen LogP contribution in [0.25, 0.3) is 0 Å². The van der Waals surface area contributed by atoms with Gasteiger partial charge >= 0.3 is 0 Å². The summed E-state index contributed by atoms with van der Waals surface area (Å²) in [5, 5.41) is 3.09. The molecule has 1 nitrogen and oxygen atoms in total. The number of thiocarbonyl (C=S) groups is 2. The van der Waals surface area contributed by atoms with Crippen molar-refractivity contribution in [1.29, 1.82) is 0 Å². The van der Waals surface area contributed by atoms with Gasteiger partial charge in [0.05, 0.1) is 0 Å². The first kappa shape index (κ1) is 12.7. The number of hydrogen-bond donors (Lipinski definition) is 2. The van der Waals surface area contributed by atoms with Gasteiger partial charge in [0.2, 0.25) is 0 Å². The molecule has 0 aromatic carbocycles. The maximum atomic E-state index is 4.96. The second-order valence-corrected chi connectivity index (χ2v) is 6.31. The minimum Gasteiger partial charge on any atom is -0.365 e. The number of nitrogens with one attached hydrogen (secondary N) is 1. The van der Waals surface area contributed by atoms with E-state index in [1.54, 1.807) is 11.8 Å². The lowest BCUT2D eigenvalue weighted by molar-refractivity contribution is 0.530. The fourth-order valence-electron chi connectivity index (χ4n) is 0.608. The van der Waals surface area contributed by atoms with Gasteiger partial charge in [-0.2, -0.15) is 0 Å². The summed E-state index contributed by atoms with van der Waals surface area (Å²) in [7, 11) is 0. The van der Waals surface area contributed by atoms with Gasteiger partial charge in [0.25, 0.3) is 0 Å². The van der Waals surface area contributed by atoms with Crippen molar-refractivity contribution < 1.29 is 0 Å². The van der Waals surface area contributed by atoms with Crippen LogP contribution < -0.4 is 5.32 Å². The lowest BCUT2D eigenvalue weighted by Crippen LogP contribution is -2.43. The summed E-state index contributed by atoms with van der Waals surface area (Å²) in [5.41, 5.74) is -0.0381. The molecule has 1 N–H and O–H groups in total. The molecule has 0 saturated carbocycles. The van der Waals surface area contributed by atoms with Gasteiger partial charge in [0, 0.05) is 15.5 Å². The second kappa shape index (κ2) is 5.42. The fourth-order valence-corrected chi connectivity index (χ4v) is 2.00. The van der Waals surface area contributed by atoms with Crippen molar-refractivity contribution in [3.05, 3.63) is 0 Å². The van der Waals surface area contributed by atoms with Crippen molar-refractivity contribution in [3.63, 3.8) is 0 Å². The molecule has 0 bridgehead atoms. The zero-order valence-corrected chi connectivity index (χ0v) is 10.7. The van der Waals surface area contributed by atoms with E-state index in [0.29, 0.717) is 4.32 Å². The van der Waals surface area contributed by atoms with Gasteiger partial charge in [0.1, 0.15) is 4.32 Å². The van der Waals surface area contributed by atoms with Crippen molar-refractivity contribution in [2.24, 2.45) is 0 Å². The topological polar surface area (TPSA) is 12.0 Å². The quantitative estimate of drug-likeness (QED) is 0.580. The van der Waals surface area contributed by atoms with Crippen molar-refractivity contribution in [3.8, 4) is 0 Å². The van der Waals surface area contributed by atoms with Crippen LogP contribution in [0, 0.1) is 0 Å². The standard InChI is InChI=1S/C7H13NS4/c1-5(9)12-4-7(2,3)8-6(10)11/h4H2,1-3H3,(H2,8,10,11). The molecule has 0 aliphatic carbocycles. The van der Waals surface area contributed by atoms with E-state index in [2.05, 4.69) is 31.8 Å². The minimum atomic E-state index is -0.0381. The highest BCUT2D eigenvalue weighted by Crippen LogP contribution is 2.14. The molecule has 0 radical (unpaired) electrons. The van der Waals surface area contributed by atoms with Crippen molar-refractivity contribution in [2.75, 3.05) is 5.75 Å². The molecule has 0 aromatic rings. The Morgan fingerprint density at radius 3 is 2.33 bits per heavy atom. The summed E-state index contributed by atoms with van der Waals surface area (Å²) in [6.45, 7) is 6.07. The zero-order chi connectivity index (χ0) is 9.78. The minimum absolute atomic E-state index is 0.0381. The number of thioether (sulfide) groups is 1. The van der Waals surface area contributed by atoms with E-state index in [4.69, 9.17) is 24.4 Å². The normalized spacial score (nSPS) is 11.0. The van der Waals surface area contributed by atoms with Gasteiger partial charge in [-0.15, -0.1) is 24.4 Å². The Labute approximate surface area is 94.5 Å². The molecule has 0 unspecified atom stereocenters. The third-order valence-corrected chi connectivity index (χ3v) is 2.92. The van der Waals surface area contributed by atoms with Gasteiger partial charge < -0.3 is 5.32 Å². The molecule has 5 heteroatoms. The Morgan fingerprint density at radius 2 is 2.00 bits per heavy atom. The summed E-state index contributed by atoms with van der Waals surface area (Å²) in [4.78, 5) is 0. The average Bonchev–Trinajstić information content (AvgIpc) is 1.81. The molecule has 0 saturated heterocycles. The molecule has 0 atom stereocenters. The van der Waals surface area contributed by atoms with Crippen LogP contribution in [0.3, 0.4) is 0 Å². The number of rotatable bonds is 3. The first-order chi connectivity index (χ1) is 5.33. The molecule has 0 fully saturated rings. The van der Waals surface area contributed by atoms with Gasteiger partial charge in [-0.1, -0.05) is 24.4 Å². The molecule has 70 valence electrons. The average molecular weight is 239 g/mol. The Morgan fingerprint density at radius 1 is 1.50 bits per heavy atom. The third-order valence-electron chi connectivity index (χ3n) is 1.08. The van der Waals surface area contributed by atoms with Crippen LogP contribution in [0.4, 0.5) is 0 Å². The molecular weight excluding hydrogens is 226 g/mol. The third kappa shape index (κ3) is 7.34. The van der Waals surface area contributed by atoms with Gasteiger partial charge in [-0.3, -0.25) is 0 Å². The summed E-state index contributed by atoms with van der Waals surface area (Å²) >= 11 is 15.5. The zero-order valence-electron chi connectivity index (χ0n) is 7.38. The summed E-state index contributed by atoms with van der Waals surface area (Å²) in [6.07, 6.45) is 0. The molecular formula is C7H13NS4. The van der Waals surface area contributed by atoms with E-state index in [0.717, 1.165) is 9.95 Å². The van der Waals surface area contributed by atoms with Crippen LogP contribution in [-0.4, -0.2) is 19.8 Å². The van der Waals surface area contributed by atoms with E-state index in [1.807, 2.05) is 6.92 Å². The highest BCUT2D eigenvalue weighted by atomic mass is 32.2. The first-order valence-corrected chi connectivity index (χ1v) is 5.73. The van der Waals surface area contributed by atoms with Crippen LogP contribution in [-0.2, 0) is 0 Å². The molecule has 0 spiro atoms. The molecule has 0 aliphatic rings. The van der Waals surface area contributed by atoms with E-state index >= 15 is 0 Å². The highest BCUT2D eigenvalue weighted by Gasteiger charge is 2.17. The van der Waals surface area contributed by atoms with E-state index in [9.17, 15) is 0 Å². The lowest BCUT2D eigenvalue weighted by atomic mass is 10.1. The lowest BCUT2D eigenvalue weighted by Gasteiger charge is -2.25. The molecule has 0 amide bonds. The number of hydrogen-bond acceptors (Lipinski definition) is 3. The molecule has 0 aliphatic heterocycles. The van der Waals surface area contributed by atoms with Crippen LogP contribution in [0.1, 0.15) is 20.8 Å². The van der Waals surface area contributed by atoms with Crippen LogP contribution >= 0.6 is 48.8 Å². The molecule has 12 heavy (non-hydrogen) atoms. The Balaban J connectivity index is 3.86. The molecule has 0 aromatic heterocycles. The van der Waals surface area contributed by atoms with Gasteiger partial charge in [-0.25, -0.2) is 0 Å².